The first-order valence-electron chi connectivity index (χ1n) is 6.13. The fourth-order valence-corrected chi connectivity index (χ4v) is 2.96. The maximum atomic E-state index is 12.0. The Kier molecular flexibility index (Phi) is 6.60. The van der Waals surface area contributed by atoms with Crippen molar-refractivity contribution in [2.24, 2.45) is 5.92 Å². The summed E-state index contributed by atoms with van der Waals surface area (Å²) in [6, 6.07) is 2.02. The van der Waals surface area contributed by atoms with Crippen LogP contribution >= 0.6 is 22.9 Å². The molecular weight excluding hydrogens is 254 g/mol. The minimum Gasteiger partial charge on any atom is -0.351 e. The van der Waals surface area contributed by atoms with Crippen LogP contribution in [0.5, 0.6) is 0 Å². The topological polar surface area (TPSA) is 29.1 Å². The number of aryl methyl sites for hydroxylation is 1. The van der Waals surface area contributed by atoms with Gasteiger partial charge in [0.2, 0.25) is 0 Å². The number of rotatable bonds is 7. The van der Waals surface area contributed by atoms with Gasteiger partial charge in [-0.2, -0.15) is 0 Å². The van der Waals surface area contributed by atoms with Gasteiger partial charge in [0, 0.05) is 12.4 Å². The Morgan fingerprint density at radius 3 is 2.88 bits per heavy atom. The molecule has 96 valence electrons. The molecule has 0 aliphatic rings. The molecule has 1 amide bonds. The van der Waals surface area contributed by atoms with Gasteiger partial charge in [0.05, 0.1) is 4.88 Å². The van der Waals surface area contributed by atoms with E-state index in [1.54, 1.807) is 0 Å². The van der Waals surface area contributed by atoms with E-state index in [1.165, 1.54) is 11.3 Å². The number of nitrogens with one attached hydrogen (secondary N) is 1. The highest BCUT2D eigenvalue weighted by atomic mass is 35.5. The van der Waals surface area contributed by atoms with E-state index in [0.29, 0.717) is 11.8 Å². The van der Waals surface area contributed by atoms with Crippen molar-refractivity contribution in [3.63, 3.8) is 0 Å². The van der Waals surface area contributed by atoms with Crippen LogP contribution < -0.4 is 5.32 Å². The fraction of sp³-hybridized carbons (Fsp3) is 0.615. The SMILES string of the molecule is CCc1ccsc1C(=O)NCC(CC)CCCl. The lowest BCUT2D eigenvalue weighted by atomic mass is 10.0. The van der Waals surface area contributed by atoms with Gasteiger partial charge in [0.15, 0.2) is 0 Å². The smallest absolute Gasteiger partial charge is 0.261 e. The average molecular weight is 274 g/mol. The molecule has 1 aromatic heterocycles. The van der Waals surface area contributed by atoms with E-state index in [2.05, 4.69) is 19.2 Å². The van der Waals surface area contributed by atoms with Crippen molar-refractivity contribution in [1.82, 2.24) is 5.32 Å². The Hall–Kier alpha value is -0.540. The molecule has 0 radical (unpaired) electrons. The van der Waals surface area contributed by atoms with Crippen molar-refractivity contribution in [1.29, 1.82) is 0 Å². The highest BCUT2D eigenvalue weighted by molar-refractivity contribution is 7.12. The lowest BCUT2D eigenvalue weighted by Crippen LogP contribution is -2.29. The standard InChI is InChI=1S/C13H20ClNOS/c1-3-10(5-7-14)9-15-13(16)12-11(4-2)6-8-17-12/h6,8,10H,3-5,7,9H2,1-2H3,(H,15,16). The molecule has 0 saturated carbocycles. The summed E-state index contributed by atoms with van der Waals surface area (Å²) >= 11 is 7.24. The van der Waals surface area contributed by atoms with Crippen LogP contribution in [0.3, 0.4) is 0 Å². The summed E-state index contributed by atoms with van der Waals surface area (Å²) in [6.07, 6.45) is 2.92. The molecule has 0 bridgehead atoms. The van der Waals surface area contributed by atoms with Crippen LogP contribution in [0.2, 0.25) is 0 Å². The number of hydrogen-bond donors (Lipinski definition) is 1. The van der Waals surface area contributed by atoms with Gasteiger partial charge in [-0.3, -0.25) is 4.79 Å². The maximum Gasteiger partial charge on any atom is 0.261 e. The first-order valence-corrected chi connectivity index (χ1v) is 7.54. The van der Waals surface area contributed by atoms with E-state index in [1.807, 2.05) is 11.4 Å². The molecule has 0 aromatic carbocycles. The Morgan fingerprint density at radius 2 is 2.29 bits per heavy atom. The van der Waals surface area contributed by atoms with Gasteiger partial charge in [0.25, 0.3) is 5.91 Å². The lowest BCUT2D eigenvalue weighted by molar-refractivity contribution is 0.0949. The van der Waals surface area contributed by atoms with Crippen LogP contribution in [0.4, 0.5) is 0 Å². The van der Waals surface area contributed by atoms with Crippen LogP contribution in [-0.4, -0.2) is 18.3 Å². The summed E-state index contributed by atoms with van der Waals surface area (Å²) in [5.41, 5.74) is 1.14. The minimum atomic E-state index is 0.0601. The number of alkyl halides is 1. The fourth-order valence-electron chi connectivity index (χ4n) is 1.74. The number of hydrogen-bond acceptors (Lipinski definition) is 2. The van der Waals surface area contributed by atoms with Gasteiger partial charge in [-0.25, -0.2) is 0 Å². The summed E-state index contributed by atoms with van der Waals surface area (Å²) < 4.78 is 0. The van der Waals surface area contributed by atoms with Gasteiger partial charge >= 0.3 is 0 Å². The second-order valence-electron chi connectivity index (χ2n) is 4.09. The normalized spacial score (nSPS) is 12.4. The Balaban J connectivity index is 2.49. The van der Waals surface area contributed by atoms with Gasteiger partial charge in [0.1, 0.15) is 0 Å². The summed E-state index contributed by atoms with van der Waals surface area (Å²) in [7, 11) is 0. The zero-order chi connectivity index (χ0) is 12.7. The van der Waals surface area contributed by atoms with Gasteiger partial charge in [-0.05, 0) is 35.8 Å². The quantitative estimate of drug-likeness (QED) is 0.754. The predicted molar refractivity (Wildman–Crippen MR) is 75.1 cm³/mol. The Labute approximate surface area is 112 Å². The molecule has 4 heteroatoms. The van der Waals surface area contributed by atoms with Gasteiger partial charge in [-0.15, -0.1) is 22.9 Å². The molecule has 1 heterocycles. The molecule has 1 rings (SSSR count). The molecule has 1 atom stereocenters. The molecule has 2 nitrogen and oxygen atoms in total. The number of carbonyl (C=O) groups excluding carboxylic acids is 1. The summed E-state index contributed by atoms with van der Waals surface area (Å²) in [5.74, 6) is 1.21. The van der Waals surface area contributed by atoms with Crippen LogP contribution in [-0.2, 0) is 6.42 Å². The molecule has 1 aromatic rings. The largest absolute Gasteiger partial charge is 0.351 e. The van der Waals surface area contributed by atoms with Crippen molar-refractivity contribution >= 4 is 28.8 Å². The number of thiophene rings is 1. The molecule has 0 spiro atoms. The molecule has 0 aliphatic carbocycles. The molecule has 0 aliphatic heterocycles. The van der Waals surface area contributed by atoms with Crippen LogP contribution in [0.1, 0.15) is 41.9 Å². The first kappa shape index (κ1) is 14.5. The van der Waals surface area contributed by atoms with Gasteiger partial charge in [-0.1, -0.05) is 20.3 Å². The van der Waals surface area contributed by atoms with E-state index < -0.39 is 0 Å². The summed E-state index contributed by atoms with van der Waals surface area (Å²) in [6.45, 7) is 4.93. The van der Waals surface area contributed by atoms with Crippen molar-refractivity contribution < 1.29 is 4.79 Å². The van der Waals surface area contributed by atoms with E-state index in [-0.39, 0.29) is 5.91 Å². The second-order valence-corrected chi connectivity index (χ2v) is 5.38. The molecule has 17 heavy (non-hydrogen) atoms. The monoisotopic (exact) mass is 273 g/mol. The lowest BCUT2D eigenvalue weighted by Gasteiger charge is -2.14. The third-order valence-electron chi connectivity index (χ3n) is 2.98. The highest BCUT2D eigenvalue weighted by Crippen LogP contribution is 2.17. The summed E-state index contributed by atoms with van der Waals surface area (Å²) in [4.78, 5) is 12.8. The van der Waals surface area contributed by atoms with E-state index >= 15 is 0 Å². The van der Waals surface area contributed by atoms with Crippen molar-refractivity contribution in [2.75, 3.05) is 12.4 Å². The van der Waals surface area contributed by atoms with Crippen LogP contribution in [0.25, 0.3) is 0 Å². The second kappa shape index (κ2) is 7.72. The van der Waals surface area contributed by atoms with E-state index in [4.69, 9.17) is 11.6 Å². The minimum absolute atomic E-state index is 0.0601. The number of amides is 1. The molecular formula is C13H20ClNOS. The van der Waals surface area contributed by atoms with E-state index in [9.17, 15) is 4.79 Å². The molecule has 1 unspecified atom stereocenters. The highest BCUT2D eigenvalue weighted by Gasteiger charge is 2.13. The number of carbonyl (C=O) groups is 1. The van der Waals surface area contributed by atoms with Crippen molar-refractivity contribution in [3.05, 3.63) is 21.9 Å². The van der Waals surface area contributed by atoms with Crippen molar-refractivity contribution in [3.8, 4) is 0 Å². The average Bonchev–Trinajstić information content (AvgIpc) is 2.82. The predicted octanol–water partition coefficient (Wildman–Crippen LogP) is 3.70. The molecule has 0 saturated heterocycles. The third-order valence-corrected chi connectivity index (χ3v) is 4.15. The Bertz CT molecular complexity index is 351. The zero-order valence-corrected chi connectivity index (χ0v) is 12.0. The van der Waals surface area contributed by atoms with E-state index in [0.717, 1.165) is 36.2 Å². The third kappa shape index (κ3) is 4.32. The van der Waals surface area contributed by atoms with Crippen LogP contribution in [0.15, 0.2) is 11.4 Å². The maximum absolute atomic E-state index is 12.0. The first-order chi connectivity index (χ1) is 8.22. The van der Waals surface area contributed by atoms with Crippen LogP contribution in [0, 0.1) is 5.92 Å². The molecule has 1 N–H and O–H groups in total. The summed E-state index contributed by atoms with van der Waals surface area (Å²) in [5, 5.41) is 4.98. The van der Waals surface area contributed by atoms with Crippen molar-refractivity contribution in [2.45, 2.75) is 33.1 Å². The van der Waals surface area contributed by atoms with Gasteiger partial charge < -0.3 is 5.32 Å². The number of halogens is 1. The molecule has 0 fully saturated rings. The Morgan fingerprint density at radius 1 is 1.53 bits per heavy atom. The zero-order valence-electron chi connectivity index (χ0n) is 10.5.